The second-order valence-electron chi connectivity index (χ2n) is 4.01. The van der Waals surface area contributed by atoms with Crippen molar-refractivity contribution in [1.29, 1.82) is 0 Å². The van der Waals surface area contributed by atoms with Gasteiger partial charge in [-0.05, 0) is 32.0 Å². The lowest BCUT2D eigenvalue weighted by Crippen LogP contribution is -2.16. The number of nitrogens with zero attached hydrogens (tertiary/aromatic N) is 2. The SMILES string of the molecule is Cc1ncnc(C(=O)Nc2ccc(F)cc2Cl)c1C. The van der Waals surface area contributed by atoms with Gasteiger partial charge in [-0.3, -0.25) is 4.79 Å². The Labute approximate surface area is 114 Å². The molecule has 1 aromatic carbocycles. The van der Waals surface area contributed by atoms with Gasteiger partial charge in [-0.15, -0.1) is 0 Å². The number of hydrogen-bond donors (Lipinski definition) is 1. The lowest BCUT2D eigenvalue weighted by molar-refractivity contribution is 0.102. The molecule has 6 heteroatoms. The highest BCUT2D eigenvalue weighted by atomic mass is 35.5. The predicted octanol–water partition coefficient (Wildman–Crippen LogP) is 3.14. The highest BCUT2D eigenvalue weighted by Gasteiger charge is 2.14. The van der Waals surface area contributed by atoms with E-state index in [9.17, 15) is 9.18 Å². The summed E-state index contributed by atoms with van der Waals surface area (Å²) in [7, 11) is 0. The summed E-state index contributed by atoms with van der Waals surface area (Å²) in [6, 6.07) is 3.76. The molecule has 19 heavy (non-hydrogen) atoms. The summed E-state index contributed by atoms with van der Waals surface area (Å²) in [6.45, 7) is 3.55. The minimum atomic E-state index is -0.461. The molecule has 2 aromatic rings. The highest BCUT2D eigenvalue weighted by molar-refractivity contribution is 6.33. The van der Waals surface area contributed by atoms with Gasteiger partial charge in [-0.2, -0.15) is 0 Å². The van der Waals surface area contributed by atoms with E-state index >= 15 is 0 Å². The van der Waals surface area contributed by atoms with Gasteiger partial charge in [0.25, 0.3) is 5.91 Å². The van der Waals surface area contributed by atoms with Crippen LogP contribution in [0.1, 0.15) is 21.7 Å². The number of rotatable bonds is 2. The minimum Gasteiger partial charge on any atom is -0.319 e. The number of carbonyl (C=O) groups is 1. The van der Waals surface area contributed by atoms with Crippen molar-refractivity contribution in [2.45, 2.75) is 13.8 Å². The minimum absolute atomic E-state index is 0.136. The Kier molecular flexibility index (Phi) is 3.76. The van der Waals surface area contributed by atoms with Crippen LogP contribution in [0.3, 0.4) is 0 Å². The third-order valence-corrected chi connectivity index (χ3v) is 3.04. The number of nitrogens with one attached hydrogen (secondary N) is 1. The first-order chi connectivity index (χ1) is 8.99. The van der Waals surface area contributed by atoms with Crippen LogP contribution >= 0.6 is 11.6 Å². The second-order valence-corrected chi connectivity index (χ2v) is 4.42. The summed E-state index contributed by atoms with van der Waals surface area (Å²) in [4.78, 5) is 20.0. The number of benzene rings is 1. The zero-order valence-electron chi connectivity index (χ0n) is 10.4. The molecule has 98 valence electrons. The average Bonchev–Trinajstić information content (AvgIpc) is 2.36. The molecule has 1 aromatic heterocycles. The fourth-order valence-corrected chi connectivity index (χ4v) is 1.75. The summed E-state index contributed by atoms with van der Waals surface area (Å²) >= 11 is 5.84. The number of anilines is 1. The van der Waals surface area contributed by atoms with Gasteiger partial charge in [0.2, 0.25) is 0 Å². The van der Waals surface area contributed by atoms with Crippen LogP contribution in [-0.2, 0) is 0 Å². The van der Waals surface area contributed by atoms with Gasteiger partial charge in [0.15, 0.2) is 0 Å². The molecule has 0 aliphatic carbocycles. The summed E-state index contributed by atoms with van der Waals surface area (Å²) in [5.74, 6) is -0.867. The van der Waals surface area contributed by atoms with Crippen LogP contribution in [0.25, 0.3) is 0 Å². The fraction of sp³-hybridized carbons (Fsp3) is 0.154. The molecule has 0 fully saturated rings. The number of halogens is 2. The number of amides is 1. The Bertz CT molecular complexity index is 646. The van der Waals surface area contributed by atoms with Crippen LogP contribution < -0.4 is 5.32 Å². The Balaban J connectivity index is 2.28. The maximum atomic E-state index is 12.9. The van der Waals surface area contributed by atoms with Crippen molar-refractivity contribution in [1.82, 2.24) is 9.97 Å². The van der Waals surface area contributed by atoms with Gasteiger partial charge in [0, 0.05) is 11.3 Å². The van der Waals surface area contributed by atoms with Crippen molar-refractivity contribution >= 4 is 23.2 Å². The van der Waals surface area contributed by atoms with Crippen LogP contribution in [0.15, 0.2) is 24.5 Å². The molecule has 0 spiro atoms. The van der Waals surface area contributed by atoms with Gasteiger partial charge >= 0.3 is 0 Å². The van der Waals surface area contributed by atoms with Crippen molar-refractivity contribution in [3.8, 4) is 0 Å². The van der Waals surface area contributed by atoms with E-state index in [0.29, 0.717) is 11.3 Å². The molecule has 0 aliphatic heterocycles. The van der Waals surface area contributed by atoms with Gasteiger partial charge in [-0.25, -0.2) is 14.4 Å². The molecular weight excluding hydrogens is 269 g/mol. The molecule has 0 saturated carbocycles. The fourth-order valence-electron chi connectivity index (χ4n) is 1.54. The van der Waals surface area contributed by atoms with Crippen molar-refractivity contribution in [3.05, 3.63) is 52.3 Å². The first-order valence-electron chi connectivity index (χ1n) is 5.53. The molecule has 1 amide bonds. The molecule has 2 rings (SSSR count). The van der Waals surface area contributed by atoms with E-state index < -0.39 is 11.7 Å². The molecule has 0 aliphatic rings. The number of hydrogen-bond acceptors (Lipinski definition) is 3. The Hall–Kier alpha value is -2.01. The monoisotopic (exact) mass is 279 g/mol. The molecule has 4 nitrogen and oxygen atoms in total. The van der Waals surface area contributed by atoms with E-state index in [0.717, 1.165) is 11.8 Å². The molecule has 0 radical (unpaired) electrons. The number of aromatic nitrogens is 2. The second kappa shape index (κ2) is 5.32. The van der Waals surface area contributed by atoms with E-state index in [-0.39, 0.29) is 10.7 Å². The summed E-state index contributed by atoms with van der Waals surface area (Å²) < 4.78 is 12.9. The molecule has 0 unspecified atom stereocenters. The molecule has 1 heterocycles. The predicted molar refractivity (Wildman–Crippen MR) is 70.9 cm³/mol. The highest BCUT2D eigenvalue weighted by Crippen LogP contribution is 2.23. The first kappa shape index (κ1) is 13.4. The Morgan fingerprint density at radius 1 is 1.32 bits per heavy atom. The zero-order valence-corrected chi connectivity index (χ0v) is 11.1. The smallest absolute Gasteiger partial charge is 0.274 e. The van der Waals surface area contributed by atoms with Gasteiger partial charge < -0.3 is 5.32 Å². The van der Waals surface area contributed by atoms with E-state index in [1.165, 1.54) is 18.5 Å². The maximum Gasteiger partial charge on any atom is 0.274 e. The Morgan fingerprint density at radius 2 is 2.05 bits per heavy atom. The number of carbonyl (C=O) groups excluding carboxylic acids is 1. The lowest BCUT2D eigenvalue weighted by Gasteiger charge is -2.09. The van der Waals surface area contributed by atoms with E-state index in [4.69, 9.17) is 11.6 Å². The molecule has 0 saturated heterocycles. The zero-order chi connectivity index (χ0) is 14.0. The topological polar surface area (TPSA) is 54.9 Å². The average molecular weight is 280 g/mol. The van der Waals surface area contributed by atoms with Crippen LogP contribution in [0, 0.1) is 19.7 Å². The normalized spacial score (nSPS) is 10.3. The lowest BCUT2D eigenvalue weighted by atomic mass is 10.2. The molecule has 1 N–H and O–H groups in total. The van der Waals surface area contributed by atoms with Crippen LogP contribution in [-0.4, -0.2) is 15.9 Å². The van der Waals surface area contributed by atoms with Crippen molar-refractivity contribution in [3.63, 3.8) is 0 Å². The van der Waals surface area contributed by atoms with E-state index in [1.54, 1.807) is 13.8 Å². The standard InChI is InChI=1S/C13H11ClFN3O/c1-7-8(2)16-6-17-12(7)13(19)18-11-4-3-9(15)5-10(11)14/h3-6H,1-2H3,(H,18,19). The van der Waals surface area contributed by atoms with Crippen LogP contribution in [0.5, 0.6) is 0 Å². The van der Waals surface area contributed by atoms with E-state index in [2.05, 4.69) is 15.3 Å². The largest absolute Gasteiger partial charge is 0.319 e. The van der Waals surface area contributed by atoms with Gasteiger partial charge in [-0.1, -0.05) is 11.6 Å². The van der Waals surface area contributed by atoms with Crippen LogP contribution in [0.2, 0.25) is 5.02 Å². The third-order valence-electron chi connectivity index (χ3n) is 2.73. The quantitative estimate of drug-likeness (QED) is 0.919. The summed E-state index contributed by atoms with van der Waals surface area (Å²) in [6.07, 6.45) is 1.32. The third kappa shape index (κ3) is 2.88. The summed E-state index contributed by atoms with van der Waals surface area (Å²) in [5.41, 5.74) is 2.03. The van der Waals surface area contributed by atoms with Crippen molar-refractivity contribution < 1.29 is 9.18 Å². The molecule has 0 bridgehead atoms. The molecular formula is C13H11ClFN3O. The molecule has 0 atom stereocenters. The first-order valence-corrected chi connectivity index (χ1v) is 5.91. The maximum absolute atomic E-state index is 12.9. The Morgan fingerprint density at radius 3 is 2.74 bits per heavy atom. The van der Waals surface area contributed by atoms with Gasteiger partial charge in [0.1, 0.15) is 17.8 Å². The van der Waals surface area contributed by atoms with Crippen molar-refractivity contribution in [2.75, 3.05) is 5.32 Å². The van der Waals surface area contributed by atoms with E-state index in [1.807, 2.05) is 0 Å². The van der Waals surface area contributed by atoms with Crippen molar-refractivity contribution in [2.24, 2.45) is 0 Å². The number of aryl methyl sites for hydroxylation is 1. The summed E-state index contributed by atoms with van der Waals surface area (Å²) in [5, 5.41) is 2.73. The van der Waals surface area contributed by atoms with Gasteiger partial charge in [0.05, 0.1) is 10.7 Å². The van der Waals surface area contributed by atoms with Crippen LogP contribution in [0.4, 0.5) is 10.1 Å².